The van der Waals surface area contributed by atoms with E-state index in [9.17, 15) is 14.4 Å². The molecular weight excluding hydrogens is 370 g/mol. The minimum Gasteiger partial charge on any atom is -0.449 e. The average Bonchev–Trinajstić information content (AvgIpc) is 3.28. The first kappa shape index (κ1) is 18.7. The van der Waals surface area contributed by atoms with Crippen molar-refractivity contribution in [3.63, 3.8) is 0 Å². The summed E-state index contributed by atoms with van der Waals surface area (Å²) in [4.78, 5) is 42.1. The molecular formula is C23H19NO5. The topological polar surface area (TPSA) is 76.8 Å². The van der Waals surface area contributed by atoms with Gasteiger partial charge in [-0.1, -0.05) is 62.2 Å². The highest BCUT2D eigenvalue weighted by molar-refractivity contribution is 6.21. The molecule has 6 nitrogen and oxygen atoms in total. The minimum absolute atomic E-state index is 0.0308. The summed E-state index contributed by atoms with van der Waals surface area (Å²) in [6.45, 7) is 6.38. The van der Waals surface area contributed by atoms with E-state index in [2.05, 4.69) is 20.8 Å². The zero-order valence-corrected chi connectivity index (χ0v) is 16.3. The molecule has 146 valence electrons. The van der Waals surface area contributed by atoms with Gasteiger partial charge in [-0.05, 0) is 35.2 Å². The molecule has 6 heteroatoms. The zero-order valence-electron chi connectivity index (χ0n) is 16.3. The molecule has 0 atom stereocenters. The summed E-state index contributed by atoms with van der Waals surface area (Å²) in [5.74, 6) is -1.89. The zero-order chi connectivity index (χ0) is 20.8. The molecule has 0 N–H and O–H groups in total. The van der Waals surface area contributed by atoms with Crippen molar-refractivity contribution < 1.29 is 23.6 Å². The van der Waals surface area contributed by atoms with Gasteiger partial charge in [0.15, 0.2) is 0 Å². The fourth-order valence-corrected chi connectivity index (χ4v) is 3.12. The number of carbonyl (C=O) groups is 3. The highest BCUT2D eigenvalue weighted by Gasteiger charge is 2.39. The second-order valence-corrected chi connectivity index (χ2v) is 7.82. The molecule has 0 spiro atoms. The summed E-state index contributed by atoms with van der Waals surface area (Å²) in [6.07, 6.45) is 0. The Kier molecular flexibility index (Phi) is 4.34. The number of nitrogens with zero attached hydrogens (tertiary/aromatic N) is 1. The van der Waals surface area contributed by atoms with Crippen molar-refractivity contribution in [2.45, 2.75) is 26.2 Å². The number of amides is 2. The first-order chi connectivity index (χ1) is 13.8. The number of hydrogen-bond donors (Lipinski definition) is 0. The Morgan fingerprint density at radius 1 is 0.862 bits per heavy atom. The van der Waals surface area contributed by atoms with Crippen LogP contribution in [0.2, 0.25) is 0 Å². The predicted molar refractivity (Wildman–Crippen MR) is 105 cm³/mol. The maximum atomic E-state index is 12.4. The Balaban J connectivity index is 1.51. The van der Waals surface area contributed by atoms with Crippen LogP contribution in [0.5, 0.6) is 0 Å². The van der Waals surface area contributed by atoms with E-state index in [0.717, 1.165) is 5.56 Å². The van der Waals surface area contributed by atoms with E-state index in [1.807, 2.05) is 24.3 Å². The fraction of sp³-hybridized carbons (Fsp3) is 0.174. The number of furan rings is 1. The predicted octanol–water partition coefficient (Wildman–Crippen LogP) is 4.61. The van der Waals surface area contributed by atoms with Crippen LogP contribution >= 0.6 is 0 Å². The number of hydroxylamine groups is 2. The van der Waals surface area contributed by atoms with Gasteiger partial charge < -0.3 is 9.25 Å². The number of fused-ring (bicyclic) bond motifs is 1. The van der Waals surface area contributed by atoms with Crippen LogP contribution in [-0.2, 0) is 10.3 Å². The van der Waals surface area contributed by atoms with Gasteiger partial charge in [-0.25, -0.2) is 4.79 Å². The van der Waals surface area contributed by atoms with Gasteiger partial charge >= 0.3 is 5.97 Å². The lowest BCUT2D eigenvalue weighted by Gasteiger charge is -2.18. The Bertz CT molecular complexity index is 1080. The SMILES string of the molecule is CC(C)(C)c1ccc(-c2ccc(C(=O)ON3C(=O)c4ccccc4C3=O)o2)cc1. The molecule has 0 fully saturated rings. The molecule has 29 heavy (non-hydrogen) atoms. The molecule has 4 rings (SSSR count). The summed E-state index contributed by atoms with van der Waals surface area (Å²) in [5, 5.41) is 0.466. The van der Waals surface area contributed by atoms with Crippen LogP contribution in [0.1, 0.15) is 57.6 Å². The monoisotopic (exact) mass is 389 g/mol. The summed E-state index contributed by atoms with van der Waals surface area (Å²) in [6, 6.07) is 17.2. The van der Waals surface area contributed by atoms with Crippen molar-refractivity contribution in [3.05, 3.63) is 83.1 Å². The molecule has 0 unspecified atom stereocenters. The van der Waals surface area contributed by atoms with Crippen LogP contribution < -0.4 is 0 Å². The molecule has 0 radical (unpaired) electrons. The summed E-state index contributed by atoms with van der Waals surface area (Å²) >= 11 is 0. The van der Waals surface area contributed by atoms with E-state index >= 15 is 0 Å². The quantitative estimate of drug-likeness (QED) is 0.611. The molecule has 2 aromatic carbocycles. The largest absolute Gasteiger partial charge is 0.449 e. The molecule has 1 aliphatic rings. The summed E-state index contributed by atoms with van der Waals surface area (Å²) in [7, 11) is 0. The van der Waals surface area contributed by atoms with Crippen LogP contribution in [0.15, 0.2) is 65.1 Å². The highest BCUT2D eigenvalue weighted by atomic mass is 16.7. The lowest BCUT2D eigenvalue weighted by Crippen LogP contribution is -2.32. The summed E-state index contributed by atoms with van der Waals surface area (Å²) in [5.41, 5.74) is 2.41. The van der Waals surface area contributed by atoms with Crippen molar-refractivity contribution in [2.75, 3.05) is 0 Å². The lowest BCUT2D eigenvalue weighted by atomic mass is 9.86. The highest BCUT2D eigenvalue weighted by Crippen LogP contribution is 2.28. The Morgan fingerprint density at radius 3 is 2.00 bits per heavy atom. The maximum Gasteiger partial charge on any atom is 0.399 e. The molecule has 0 saturated heterocycles. The van der Waals surface area contributed by atoms with E-state index in [0.29, 0.717) is 10.8 Å². The molecule has 2 amide bonds. The molecule has 1 aromatic heterocycles. The second kappa shape index (κ2) is 6.74. The van der Waals surface area contributed by atoms with E-state index in [1.54, 1.807) is 18.2 Å². The van der Waals surface area contributed by atoms with Crippen LogP contribution in [0, 0.1) is 0 Å². The van der Waals surface area contributed by atoms with Gasteiger partial charge in [0.1, 0.15) is 5.76 Å². The number of hydrogen-bond acceptors (Lipinski definition) is 5. The second-order valence-electron chi connectivity index (χ2n) is 7.82. The molecule has 2 heterocycles. The van der Waals surface area contributed by atoms with Crippen molar-refractivity contribution in [3.8, 4) is 11.3 Å². The molecule has 3 aromatic rings. The third kappa shape index (κ3) is 3.33. The van der Waals surface area contributed by atoms with Crippen LogP contribution in [0.3, 0.4) is 0 Å². The van der Waals surface area contributed by atoms with Crippen molar-refractivity contribution in [1.29, 1.82) is 0 Å². The first-order valence-corrected chi connectivity index (χ1v) is 9.16. The molecule has 0 saturated carbocycles. The summed E-state index contributed by atoms with van der Waals surface area (Å²) < 4.78 is 5.59. The van der Waals surface area contributed by atoms with E-state index in [1.165, 1.54) is 23.8 Å². The Hall–Kier alpha value is -3.67. The van der Waals surface area contributed by atoms with Crippen LogP contribution in [0.4, 0.5) is 0 Å². The van der Waals surface area contributed by atoms with Crippen LogP contribution in [-0.4, -0.2) is 22.8 Å². The number of imide groups is 1. The van der Waals surface area contributed by atoms with Gasteiger partial charge in [-0.3, -0.25) is 9.59 Å². The van der Waals surface area contributed by atoms with Gasteiger partial charge in [0.05, 0.1) is 11.1 Å². The van der Waals surface area contributed by atoms with Gasteiger partial charge in [0.2, 0.25) is 5.76 Å². The van der Waals surface area contributed by atoms with Gasteiger partial charge in [-0.2, -0.15) is 0 Å². The normalized spacial score (nSPS) is 13.6. The third-order valence-corrected chi connectivity index (χ3v) is 4.77. The number of benzene rings is 2. The van der Waals surface area contributed by atoms with Gasteiger partial charge in [-0.15, -0.1) is 0 Å². The smallest absolute Gasteiger partial charge is 0.399 e. The fourth-order valence-electron chi connectivity index (χ4n) is 3.12. The van der Waals surface area contributed by atoms with E-state index in [4.69, 9.17) is 9.25 Å². The molecule has 0 bridgehead atoms. The number of carbonyl (C=O) groups excluding carboxylic acids is 3. The third-order valence-electron chi connectivity index (χ3n) is 4.77. The van der Waals surface area contributed by atoms with Crippen molar-refractivity contribution in [2.24, 2.45) is 0 Å². The Morgan fingerprint density at radius 2 is 1.45 bits per heavy atom. The Labute approximate surface area is 167 Å². The standard InChI is InChI=1S/C23H19NO5/c1-23(2,3)15-10-8-14(9-11-15)18-12-13-19(28-18)22(27)29-24-20(25)16-6-4-5-7-17(16)21(24)26/h4-13H,1-3H3. The van der Waals surface area contributed by atoms with E-state index < -0.39 is 17.8 Å². The molecule has 0 aliphatic carbocycles. The van der Waals surface area contributed by atoms with Gasteiger partial charge in [0.25, 0.3) is 11.8 Å². The minimum atomic E-state index is -0.919. The lowest BCUT2D eigenvalue weighted by molar-refractivity contribution is -0.0602. The average molecular weight is 389 g/mol. The van der Waals surface area contributed by atoms with Crippen LogP contribution in [0.25, 0.3) is 11.3 Å². The van der Waals surface area contributed by atoms with Crippen molar-refractivity contribution >= 4 is 17.8 Å². The van der Waals surface area contributed by atoms with E-state index in [-0.39, 0.29) is 22.3 Å². The van der Waals surface area contributed by atoms with Crippen molar-refractivity contribution in [1.82, 2.24) is 5.06 Å². The number of rotatable bonds is 3. The first-order valence-electron chi connectivity index (χ1n) is 9.16. The van der Waals surface area contributed by atoms with Gasteiger partial charge in [0, 0.05) is 5.56 Å². The maximum absolute atomic E-state index is 12.4. The molecule has 1 aliphatic heterocycles.